The molecule has 1 radical (unpaired) electrons. The molecule has 3 N–H and O–H groups in total. The smallest absolute Gasteiger partial charge is 0.300 e. The number of aliphatic hydroxyl groups is 1. The van der Waals surface area contributed by atoms with Gasteiger partial charge in [-0.1, -0.05) is 48.7 Å². The standard InChI is InChI=1S/C34H36N5O2.2C2H4O2.Lu/c1-5-22-23(6-2)32-34-33-25(12-10-16-41-34)21(4)31(39-33)19-36-27-14-8-7-13-26(27)35-18-30-20(3)24(11-9-15-40)29(37-30)17-28(22)38-32;2*1-2(3)4;/h7-8,13-14,17-19,40H,5-6,9-12,15-16H2,1-4H3;2*1H3,(H,3,4);/q-1;;;. The minimum Gasteiger partial charge on any atom is -0.654 e. The molecule has 5 heterocycles. The van der Waals surface area contributed by atoms with E-state index in [1.807, 2.05) is 36.7 Å². The van der Waals surface area contributed by atoms with Gasteiger partial charge in [-0.3, -0.25) is 19.6 Å². The third-order valence-electron chi connectivity index (χ3n) is 8.28. The SMILES string of the molecule is CC(=O)O.CC(=O)O.CCc1c(CC)c2[n-]c1cc1nc(cnc3ccccc3ncc3nc4c2OCCCC4=C3C)C(C)=C1CCCO.[Lu]. The number of para-hydroxylation sites is 2. The minimum absolute atomic E-state index is 0. The molecule has 3 aliphatic rings. The second kappa shape index (κ2) is 18.9. The summed E-state index contributed by atoms with van der Waals surface area (Å²) in [5.41, 5.74) is 13.7. The molecule has 1 aromatic carbocycles. The van der Waals surface area contributed by atoms with Crippen molar-refractivity contribution in [2.75, 3.05) is 13.2 Å². The van der Waals surface area contributed by atoms with Gasteiger partial charge in [-0.25, -0.2) is 9.97 Å². The Morgan fingerprint density at radius 1 is 0.880 bits per heavy atom. The molecule has 50 heavy (non-hydrogen) atoms. The average Bonchev–Trinajstić information content (AvgIpc) is 3.60. The van der Waals surface area contributed by atoms with Crippen molar-refractivity contribution >= 4 is 56.3 Å². The van der Waals surface area contributed by atoms with Crippen molar-refractivity contribution in [3.63, 3.8) is 0 Å². The zero-order valence-corrected chi connectivity index (χ0v) is 30.9. The van der Waals surface area contributed by atoms with Gasteiger partial charge in [0.25, 0.3) is 11.9 Å². The van der Waals surface area contributed by atoms with Crippen molar-refractivity contribution < 1.29 is 66.5 Å². The number of carboxylic acids is 2. The number of ether oxygens (including phenoxy) is 1. The first-order chi connectivity index (χ1) is 23.5. The summed E-state index contributed by atoms with van der Waals surface area (Å²) in [6.07, 6.45) is 8.60. The third kappa shape index (κ3) is 9.65. The average molecular weight is 842 g/mol. The van der Waals surface area contributed by atoms with Crippen molar-refractivity contribution in [3.8, 4) is 5.75 Å². The van der Waals surface area contributed by atoms with Gasteiger partial charge in [0.05, 0.1) is 47.1 Å². The van der Waals surface area contributed by atoms with Crippen molar-refractivity contribution in [1.29, 1.82) is 0 Å². The van der Waals surface area contributed by atoms with E-state index in [9.17, 15) is 5.11 Å². The maximum Gasteiger partial charge on any atom is 0.300 e. The molecule has 6 bridgehead atoms. The van der Waals surface area contributed by atoms with E-state index < -0.39 is 11.9 Å². The molecule has 0 aliphatic carbocycles. The molecule has 0 fully saturated rings. The summed E-state index contributed by atoms with van der Waals surface area (Å²) >= 11 is 0. The van der Waals surface area contributed by atoms with Crippen molar-refractivity contribution in [2.45, 2.75) is 80.1 Å². The van der Waals surface area contributed by atoms with E-state index in [2.05, 4.69) is 33.8 Å². The number of aliphatic hydroxyl groups excluding tert-OH is 1. The number of carboxylic acid groups (broad SMARTS) is 2. The van der Waals surface area contributed by atoms with E-state index in [0.29, 0.717) is 13.0 Å². The topological polar surface area (TPSA) is 170 Å². The number of rotatable bonds is 5. The molecule has 3 aliphatic heterocycles. The Labute approximate surface area is 321 Å². The van der Waals surface area contributed by atoms with Crippen LogP contribution in [0.15, 0.2) is 42.7 Å². The van der Waals surface area contributed by atoms with E-state index in [0.717, 1.165) is 113 Å². The van der Waals surface area contributed by atoms with Crippen molar-refractivity contribution in [3.05, 3.63) is 76.6 Å². The van der Waals surface area contributed by atoms with E-state index in [4.69, 9.17) is 49.5 Å². The Morgan fingerprint density at radius 2 is 1.46 bits per heavy atom. The van der Waals surface area contributed by atoms with E-state index >= 15 is 0 Å². The van der Waals surface area contributed by atoms with Gasteiger partial charge < -0.3 is 25.0 Å². The zero-order chi connectivity index (χ0) is 35.7. The van der Waals surface area contributed by atoms with Gasteiger partial charge in [0.15, 0.2) is 0 Å². The fourth-order valence-electron chi connectivity index (χ4n) is 6.05. The van der Waals surface area contributed by atoms with Crippen LogP contribution < -0.4 is 9.72 Å². The number of hydrogen-bond donors (Lipinski definition) is 3. The molecule has 3 aromatic rings. The first kappa shape index (κ1) is 40.5. The summed E-state index contributed by atoms with van der Waals surface area (Å²) in [6.45, 7) is 11.5. The van der Waals surface area contributed by atoms with Crippen LogP contribution in [0.1, 0.15) is 101 Å². The number of aliphatic carboxylic acids is 2. The summed E-state index contributed by atoms with van der Waals surface area (Å²) in [5, 5.41) is 24.5. The Morgan fingerprint density at radius 3 is 2.02 bits per heavy atom. The molecular weight excluding hydrogens is 797 g/mol. The molecule has 0 unspecified atom stereocenters. The normalized spacial score (nSPS) is 13.0. The van der Waals surface area contributed by atoms with E-state index in [1.54, 1.807) is 0 Å². The van der Waals surface area contributed by atoms with Gasteiger partial charge in [-0.05, 0) is 86.8 Å². The number of carbonyl (C=O) groups is 2. The molecule has 0 saturated carbocycles. The predicted molar refractivity (Wildman–Crippen MR) is 191 cm³/mol. The summed E-state index contributed by atoms with van der Waals surface area (Å²) in [4.78, 5) is 43.0. The van der Waals surface area contributed by atoms with E-state index in [-0.39, 0.29) is 43.5 Å². The summed E-state index contributed by atoms with van der Waals surface area (Å²) < 4.78 is 6.45. The number of aromatic nitrogens is 5. The van der Waals surface area contributed by atoms with Gasteiger partial charge in [0.2, 0.25) is 0 Å². The van der Waals surface area contributed by atoms with Crippen LogP contribution in [0.2, 0.25) is 0 Å². The summed E-state index contributed by atoms with van der Waals surface area (Å²) in [6, 6.07) is 9.98. The van der Waals surface area contributed by atoms with Gasteiger partial charge in [-0.15, -0.1) is 5.52 Å². The monoisotopic (exact) mass is 841 g/mol. The van der Waals surface area contributed by atoms with Crippen LogP contribution in [-0.2, 0) is 22.4 Å². The van der Waals surface area contributed by atoms with Crippen LogP contribution in [0.25, 0.3) is 44.4 Å². The number of nitrogens with zero attached hydrogens (tertiary/aromatic N) is 5. The summed E-state index contributed by atoms with van der Waals surface area (Å²) in [7, 11) is 0. The first-order valence-corrected chi connectivity index (χ1v) is 16.5. The van der Waals surface area contributed by atoms with Crippen molar-refractivity contribution in [1.82, 2.24) is 24.9 Å². The maximum absolute atomic E-state index is 9.62. The van der Waals surface area contributed by atoms with Crippen molar-refractivity contribution in [2.24, 2.45) is 0 Å². The second-order valence-electron chi connectivity index (χ2n) is 11.7. The molecule has 2 aromatic heterocycles. The molecular formula is C38H44LuN5O6-. The predicted octanol–water partition coefficient (Wildman–Crippen LogP) is 7.08. The van der Waals surface area contributed by atoms with Crippen LogP contribution in [-0.4, -0.2) is 60.4 Å². The van der Waals surface area contributed by atoms with Crippen LogP contribution in [0.3, 0.4) is 0 Å². The van der Waals surface area contributed by atoms with Gasteiger partial charge in [-0.2, -0.15) is 0 Å². The fourth-order valence-corrected chi connectivity index (χ4v) is 6.05. The third-order valence-corrected chi connectivity index (χ3v) is 8.28. The van der Waals surface area contributed by atoms with Gasteiger partial charge >= 0.3 is 0 Å². The van der Waals surface area contributed by atoms with Gasteiger partial charge in [0.1, 0.15) is 11.4 Å². The largest absolute Gasteiger partial charge is 0.654 e. The minimum atomic E-state index is -0.833. The molecule has 6 rings (SSSR count). The molecule has 0 amide bonds. The quantitative estimate of drug-likeness (QED) is 0.240. The van der Waals surface area contributed by atoms with Crippen LogP contribution in [0.4, 0.5) is 0 Å². The first-order valence-electron chi connectivity index (χ1n) is 16.5. The molecule has 273 valence electrons. The number of allylic oxidation sites excluding steroid dienone is 4. The molecule has 11 nitrogen and oxygen atoms in total. The molecule has 0 saturated heterocycles. The Bertz CT molecular complexity index is 1980. The number of fused-ring (bicyclic) bond motifs is 7. The molecule has 0 atom stereocenters. The van der Waals surface area contributed by atoms with Crippen LogP contribution in [0.5, 0.6) is 5.75 Å². The maximum atomic E-state index is 9.62. The zero-order valence-electron chi connectivity index (χ0n) is 29.3. The Balaban J connectivity index is 0.000000681. The molecule has 0 spiro atoms. The fraction of sp³-hybridized carbons (Fsp3) is 0.368. The Hall–Kier alpha value is -3.93. The number of aryl methyl sites for hydroxylation is 2. The number of benzene rings is 1. The van der Waals surface area contributed by atoms with Gasteiger partial charge in [0, 0.05) is 57.3 Å². The number of hydrogen-bond acceptors (Lipinski definition) is 8. The van der Waals surface area contributed by atoms with E-state index in [1.165, 1.54) is 16.7 Å². The Kier molecular flexibility index (Phi) is 15.3. The molecule has 12 heteroatoms. The summed E-state index contributed by atoms with van der Waals surface area (Å²) in [5.74, 6) is -0.896. The second-order valence-corrected chi connectivity index (χ2v) is 11.7. The van der Waals surface area contributed by atoms with Crippen LogP contribution in [0, 0.1) is 36.9 Å². The van der Waals surface area contributed by atoms with Crippen LogP contribution >= 0.6 is 0 Å².